The molecule has 0 aliphatic carbocycles. The van der Waals surface area contributed by atoms with E-state index >= 15 is 0 Å². The molecule has 0 spiro atoms. The van der Waals surface area contributed by atoms with Crippen LogP contribution < -0.4 is 0 Å². The van der Waals surface area contributed by atoms with Gasteiger partial charge in [0, 0.05) is 50.0 Å². The Morgan fingerprint density at radius 3 is 2.79 bits per heavy atom. The quantitative estimate of drug-likeness (QED) is 0.789. The maximum atomic E-state index is 12.6. The van der Waals surface area contributed by atoms with Gasteiger partial charge in [-0.2, -0.15) is 0 Å². The number of pyridine rings is 1. The van der Waals surface area contributed by atoms with E-state index in [1.165, 1.54) is 10.9 Å². The highest BCUT2D eigenvalue weighted by Crippen LogP contribution is 2.18. The maximum Gasteiger partial charge on any atom is 0.410 e. The molecule has 0 saturated carbocycles. The Hall–Kier alpha value is -2.18. The van der Waals surface area contributed by atoms with Crippen molar-refractivity contribution in [1.29, 1.82) is 0 Å². The summed E-state index contributed by atoms with van der Waals surface area (Å²) < 4.78 is 11.3. The molecule has 0 bridgehead atoms. The molecule has 6 nitrogen and oxygen atoms in total. The number of carbonyl (C=O) groups excluding carboxylic acids is 1. The van der Waals surface area contributed by atoms with Crippen LogP contribution in [0.1, 0.15) is 33.3 Å². The van der Waals surface area contributed by atoms with E-state index in [0.717, 1.165) is 18.5 Å². The summed E-state index contributed by atoms with van der Waals surface area (Å²) in [7, 11) is 0. The number of hydrogen-bond donors (Lipinski definition) is 0. The van der Waals surface area contributed by atoms with Crippen LogP contribution in [-0.2, 0) is 16.0 Å². The molecule has 6 heteroatoms. The average molecular weight is 386 g/mol. The number of ether oxygens (including phenoxy) is 2. The Bertz CT molecular complexity index is 803. The summed E-state index contributed by atoms with van der Waals surface area (Å²) in [5, 5.41) is 2.33. The van der Waals surface area contributed by atoms with Gasteiger partial charge < -0.3 is 14.4 Å². The number of amides is 1. The third kappa shape index (κ3) is 5.66. The second kappa shape index (κ2) is 8.88. The minimum atomic E-state index is -0.501. The van der Waals surface area contributed by atoms with Crippen molar-refractivity contribution in [3.63, 3.8) is 0 Å². The minimum absolute atomic E-state index is 0.197. The van der Waals surface area contributed by atoms with Crippen LogP contribution >= 0.6 is 0 Å². The van der Waals surface area contributed by atoms with Gasteiger partial charge >= 0.3 is 6.09 Å². The Morgan fingerprint density at radius 2 is 2.00 bits per heavy atom. The monoisotopic (exact) mass is 385 g/mol. The van der Waals surface area contributed by atoms with E-state index in [0.29, 0.717) is 26.3 Å². The highest BCUT2D eigenvalue weighted by Gasteiger charge is 2.26. The zero-order valence-electron chi connectivity index (χ0n) is 17.4. The molecule has 1 aliphatic rings. The summed E-state index contributed by atoms with van der Waals surface area (Å²) >= 11 is 0. The lowest BCUT2D eigenvalue weighted by Gasteiger charge is -2.33. The van der Waals surface area contributed by atoms with Gasteiger partial charge in [0.25, 0.3) is 0 Å². The molecule has 3 rings (SSSR count). The first-order chi connectivity index (χ1) is 13.3. The van der Waals surface area contributed by atoms with Crippen LogP contribution in [0, 0.1) is 0 Å². The highest BCUT2D eigenvalue weighted by atomic mass is 16.6. The first-order valence-electron chi connectivity index (χ1n) is 9.94. The number of nitrogens with zero attached hydrogens (tertiary/aromatic N) is 3. The first-order valence-corrected chi connectivity index (χ1v) is 9.94. The first kappa shape index (κ1) is 20.6. The van der Waals surface area contributed by atoms with E-state index in [-0.39, 0.29) is 12.1 Å². The van der Waals surface area contributed by atoms with E-state index in [4.69, 9.17) is 9.47 Å². The van der Waals surface area contributed by atoms with Gasteiger partial charge in [-0.05, 0) is 50.8 Å². The van der Waals surface area contributed by atoms with Gasteiger partial charge in [-0.3, -0.25) is 9.88 Å². The lowest BCUT2D eigenvalue weighted by atomic mass is 10.1. The summed E-state index contributed by atoms with van der Waals surface area (Å²) in [6.45, 7) is 11.8. The fraction of sp³-hybridized carbons (Fsp3) is 0.545. The van der Waals surface area contributed by atoms with E-state index < -0.39 is 5.60 Å². The fourth-order valence-corrected chi connectivity index (χ4v) is 3.40. The van der Waals surface area contributed by atoms with Gasteiger partial charge in [-0.15, -0.1) is 0 Å². The van der Waals surface area contributed by atoms with Gasteiger partial charge in [-0.1, -0.05) is 12.1 Å². The van der Waals surface area contributed by atoms with Crippen LogP contribution in [0.2, 0.25) is 0 Å². The predicted octanol–water partition coefficient (Wildman–Crippen LogP) is 3.69. The summed E-state index contributed by atoms with van der Waals surface area (Å²) in [6.07, 6.45) is 3.43. The van der Waals surface area contributed by atoms with Crippen LogP contribution in [0.25, 0.3) is 10.8 Å². The van der Waals surface area contributed by atoms with E-state index in [1.54, 1.807) is 4.90 Å². The largest absolute Gasteiger partial charge is 0.444 e. The van der Waals surface area contributed by atoms with Crippen molar-refractivity contribution in [2.45, 2.75) is 45.9 Å². The number of fused-ring (bicyclic) bond motifs is 1. The van der Waals surface area contributed by atoms with Crippen LogP contribution in [-0.4, -0.2) is 65.4 Å². The second-order valence-electron chi connectivity index (χ2n) is 8.42. The molecule has 28 heavy (non-hydrogen) atoms. The average Bonchev–Trinajstić information content (AvgIpc) is 2.72. The SMILES string of the molecule is C[C@@H]1CN(C(=O)OC(C)(C)C)CCOCCN1Cc1ccc2cnccc2c1. The number of hydrogen-bond acceptors (Lipinski definition) is 5. The summed E-state index contributed by atoms with van der Waals surface area (Å²) in [4.78, 5) is 20.9. The number of carbonyl (C=O) groups is 1. The molecule has 1 atom stereocenters. The molecule has 0 radical (unpaired) electrons. The van der Waals surface area contributed by atoms with Crippen LogP contribution in [0.3, 0.4) is 0 Å². The molecule has 2 aromatic rings. The number of aromatic nitrogens is 1. The van der Waals surface area contributed by atoms with Gasteiger partial charge in [-0.25, -0.2) is 4.79 Å². The van der Waals surface area contributed by atoms with Gasteiger partial charge in [0.1, 0.15) is 5.60 Å². The van der Waals surface area contributed by atoms with Crippen molar-refractivity contribution in [2.75, 3.05) is 32.8 Å². The molecule has 1 aromatic carbocycles. The molecule has 1 amide bonds. The van der Waals surface area contributed by atoms with Crippen molar-refractivity contribution < 1.29 is 14.3 Å². The molecule has 2 heterocycles. The molecule has 1 fully saturated rings. The fourth-order valence-electron chi connectivity index (χ4n) is 3.40. The second-order valence-corrected chi connectivity index (χ2v) is 8.42. The molecule has 1 saturated heterocycles. The smallest absolute Gasteiger partial charge is 0.410 e. The number of rotatable bonds is 2. The van der Waals surface area contributed by atoms with Crippen molar-refractivity contribution in [2.24, 2.45) is 0 Å². The Labute approximate surface area is 167 Å². The molecule has 1 aromatic heterocycles. The zero-order chi connectivity index (χ0) is 20.1. The van der Waals surface area contributed by atoms with Crippen molar-refractivity contribution in [3.8, 4) is 0 Å². The normalized spacial score (nSPS) is 19.7. The van der Waals surface area contributed by atoms with Gasteiger partial charge in [0.2, 0.25) is 0 Å². The Kier molecular flexibility index (Phi) is 6.52. The van der Waals surface area contributed by atoms with E-state index in [9.17, 15) is 4.79 Å². The lowest BCUT2D eigenvalue weighted by molar-refractivity contribution is 0.0175. The standard InChI is InChI=1S/C22H31N3O3/c1-17-15-25(21(26)28-22(2,3)4)10-12-27-11-9-24(17)16-18-5-6-20-14-23-8-7-19(20)13-18/h5-8,13-14,17H,9-12,15-16H2,1-4H3/t17-/m1/s1. The summed E-state index contributed by atoms with van der Waals surface area (Å²) in [5.74, 6) is 0. The van der Waals surface area contributed by atoms with Gasteiger partial charge in [0.15, 0.2) is 0 Å². The molecule has 1 aliphatic heterocycles. The van der Waals surface area contributed by atoms with E-state index in [2.05, 4.69) is 35.0 Å². The molecular formula is C22H31N3O3. The van der Waals surface area contributed by atoms with Crippen molar-refractivity contribution in [3.05, 3.63) is 42.2 Å². The highest BCUT2D eigenvalue weighted by molar-refractivity contribution is 5.82. The maximum absolute atomic E-state index is 12.6. The van der Waals surface area contributed by atoms with Gasteiger partial charge in [0.05, 0.1) is 13.2 Å². The lowest BCUT2D eigenvalue weighted by Crippen LogP contribution is -2.46. The predicted molar refractivity (Wildman–Crippen MR) is 110 cm³/mol. The van der Waals surface area contributed by atoms with Crippen LogP contribution in [0.15, 0.2) is 36.7 Å². The summed E-state index contributed by atoms with van der Waals surface area (Å²) in [5.41, 5.74) is 0.743. The van der Waals surface area contributed by atoms with Crippen LogP contribution in [0.4, 0.5) is 4.79 Å². The van der Waals surface area contributed by atoms with Crippen LogP contribution in [0.5, 0.6) is 0 Å². The Balaban J connectivity index is 1.71. The molecular weight excluding hydrogens is 354 g/mol. The molecule has 152 valence electrons. The van der Waals surface area contributed by atoms with E-state index in [1.807, 2.05) is 39.2 Å². The van der Waals surface area contributed by atoms with Crippen molar-refractivity contribution in [1.82, 2.24) is 14.8 Å². The topological polar surface area (TPSA) is 54.9 Å². The summed E-state index contributed by atoms with van der Waals surface area (Å²) in [6, 6.07) is 8.71. The Morgan fingerprint density at radius 1 is 1.21 bits per heavy atom. The molecule has 0 N–H and O–H groups in total. The third-order valence-corrected chi connectivity index (χ3v) is 4.88. The third-order valence-electron chi connectivity index (χ3n) is 4.88. The number of benzene rings is 1. The zero-order valence-corrected chi connectivity index (χ0v) is 17.4. The molecule has 0 unspecified atom stereocenters. The minimum Gasteiger partial charge on any atom is -0.444 e. The van der Waals surface area contributed by atoms with Crippen molar-refractivity contribution >= 4 is 16.9 Å².